The minimum atomic E-state index is -4.60. The zero-order chi connectivity index (χ0) is 11.5. The van der Waals surface area contributed by atoms with E-state index in [2.05, 4.69) is 5.32 Å². The van der Waals surface area contributed by atoms with Gasteiger partial charge in [0.1, 0.15) is 0 Å². The van der Waals surface area contributed by atoms with Crippen molar-refractivity contribution in [1.29, 1.82) is 0 Å². The third kappa shape index (κ3) is 3.97. The van der Waals surface area contributed by atoms with Crippen LogP contribution in [-0.2, 0) is 0 Å². The molecule has 6 heteroatoms. The van der Waals surface area contributed by atoms with Crippen LogP contribution in [0.4, 0.5) is 18.9 Å². The van der Waals surface area contributed by atoms with E-state index in [4.69, 9.17) is 16.7 Å². The van der Waals surface area contributed by atoms with Crippen molar-refractivity contribution >= 4 is 17.3 Å². The van der Waals surface area contributed by atoms with E-state index in [1.54, 1.807) is 12.1 Å². The van der Waals surface area contributed by atoms with Crippen molar-refractivity contribution in [3.05, 3.63) is 29.3 Å². The SMILES string of the molecule is OC(CNc1ccc(Cl)cc1)C(F)(F)F. The number of nitrogens with one attached hydrogen (secondary N) is 1. The van der Waals surface area contributed by atoms with Crippen molar-refractivity contribution < 1.29 is 18.3 Å². The van der Waals surface area contributed by atoms with Gasteiger partial charge in [0.25, 0.3) is 0 Å². The molecule has 0 radical (unpaired) electrons. The first-order valence-corrected chi connectivity index (χ1v) is 4.51. The molecular weight excluding hydrogens is 231 g/mol. The van der Waals surface area contributed by atoms with Crippen LogP contribution in [0.5, 0.6) is 0 Å². The van der Waals surface area contributed by atoms with E-state index in [1.807, 2.05) is 0 Å². The van der Waals surface area contributed by atoms with Gasteiger partial charge in [-0.05, 0) is 24.3 Å². The fraction of sp³-hybridized carbons (Fsp3) is 0.333. The van der Waals surface area contributed by atoms with Crippen LogP contribution in [0.2, 0.25) is 5.02 Å². The lowest BCUT2D eigenvalue weighted by Gasteiger charge is -2.15. The number of alkyl halides is 3. The summed E-state index contributed by atoms with van der Waals surface area (Å²) in [7, 11) is 0. The van der Waals surface area contributed by atoms with Crippen LogP contribution in [0.25, 0.3) is 0 Å². The van der Waals surface area contributed by atoms with E-state index in [-0.39, 0.29) is 0 Å². The standard InChI is InChI=1S/C9H9ClF3NO/c10-6-1-3-7(4-2-6)14-5-8(15)9(11,12)13/h1-4,8,14-15H,5H2. The molecule has 0 amide bonds. The molecule has 84 valence electrons. The van der Waals surface area contributed by atoms with Gasteiger partial charge in [-0.2, -0.15) is 13.2 Å². The molecule has 0 saturated heterocycles. The maximum absolute atomic E-state index is 11.9. The van der Waals surface area contributed by atoms with E-state index >= 15 is 0 Å². The molecule has 0 aliphatic carbocycles. The molecule has 1 unspecified atom stereocenters. The van der Waals surface area contributed by atoms with Gasteiger partial charge < -0.3 is 10.4 Å². The Morgan fingerprint density at radius 3 is 2.27 bits per heavy atom. The Balaban J connectivity index is 2.47. The Hall–Kier alpha value is -0.940. The molecule has 1 atom stereocenters. The smallest absolute Gasteiger partial charge is 0.382 e. The Labute approximate surface area is 89.7 Å². The number of hydrogen-bond donors (Lipinski definition) is 2. The van der Waals surface area contributed by atoms with Crippen LogP contribution >= 0.6 is 11.6 Å². The summed E-state index contributed by atoms with van der Waals surface area (Å²) in [4.78, 5) is 0. The molecule has 0 heterocycles. The summed E-state index contributed by atoms with van der Waals surface area (Å²) in [5.74, 6) is 0. The maximum Gasteiger partial charge on any atom is 0.416 e. The third-order valence-electron chi connectivity index (χ3n) is 1.72. The molecule has 2 N–H and O–H groups in total. The van der Waals surface area contributed by atoms with Gasteiger partial charge >= 0.3 is 6.18 Å². The summed E-state index contributed by atoms with van der Waals surface area (Å²) in [5.41, 5.74) is 0.475. The van der Waals surface area contributed by atoms with Crippen LogP contribution in [-0.4, -0.2) is 23.9 Å². The first-order chi connectivity index (χ1) is 6.89. The second kappa shape index (κ2) is 4.72. The van der Waals surface area contributed by atoms with Crippen molar-refractivity contribution in [2.24, 2.45) is 0 Å². The summed E-state index contributed by atoms with van der Waals surface area (Å²) in [5, 5.41) is 11.6. The Bertz CT molecular complexity index is 312. The van der Waals surface area contributed by atoms with E-state index in [0.717, 1.165) is 0 Å². The van der Waals surface area contributed by atoms with Crippen LogP contribution in [0.3, 0.4) is 0 Å². The Kier molecular flexibility index (Phi) is 3.82. The number of aliphatic hydroxyl groups excluding tert-OH is 1. The highest BCUT2D eigenvalue weighted by Crippen LogP contribution is 2.20. The molecule has 0 spiro atoms. The number of aliphatic hydroxyl groups is 1. The van der Waals surface area contributed by atoms with Crippen molar-refractivity contribution in [1.82, 2.24) is 0 Å². The highest BCUT2D eigenvalue weighted by atomic mass is 35.5. The molecule has 0 saturated carbocycles. The largest absolute Gasteiger partial charge is 0.416 e. The molecule has 1 aromatic rings. The quantitative estimate of drug-likeness (QED) is 0.850. The Morgan fingerprint density at radius 2 is 1.80 bits per heavy atom. The molecule has 0 fully saturated rings. The molecule has 0 bridgehead atoms. The van der Waals surface area contributed by atoms with Crippen molar-refractivity contribution in [3.8, 4) is 0 Å². The number of anilines is 1. The van der Waals surface area contributed by atoms with Gasteiger partial charge in [-0.25, -0.2) is 0 Å². The van der Waals surface area contributed by atoms with Gasteiger partial charge in [0, 0.05) is 17.3 Å². The first kappa shape index (κ1) is 12.1. The molecule has 15 heavy (non-hydrogen) atoms. The summed E-state index contributed by atoms with van der Waals surface area (Å²) in [6, 6.07) is 6.16. The van der Waals surface area contributed by atoms with Crippen LogP contribution in [0.15, 0.2) is 24.3 Å². The van der Waals surface area contributed by atoms with Gasteiger partial charge in [0.2, 0.25) is 0 Å². The number of hydrogen-bond acceptors (Lipinski definition) is 2. The summed E-state index contributed by atoms with van der Waals surface area (Å²) < 4.78 is 35.7. The monoisotopic (exact) mass is 239 g/mol. The zero-order valence-corrected chi connectivity index (χ0v) is 8.31. The number of benzene rings is 1. The topological polar surface area (TPSA) is 32.3 Å². The number of halogens is 4. The minimum Gasteiger partial charge on any atom is -0.382 e. The zero-order valence-electron chi connectivity index (χ0n) is 7.55. The predicted molar refractivity (Wildman–Crippen MR) is 52.0 cm³/mol. The molecule has 2 nitrogen and oxygen atoms in total. The molecule has 0 aliphatic heterocycles. The fourth-order valence-electron chi connectivity index (χ4n) is 0.898. The highest BCUT2D eigenvalue weighted by molar-refractivity contribution is 6.30. The second-order valence-corrected chi connectivity index (χ2v) is 3.38. The van der Waals surface area contributed by atoms with Gasteiger partial charge in [-0.1, -0.05) is 11.6 Å². The minimum absolute atomic E-state index is 0.475. The summed E-state index contributed by atoms with van der Waals surface area (Å²) in [6.45, 7) is -0.578. The van der Waals surface area contributed by atoms with E-state index < -0.39 is 18.8 Å². The first-order valence-electron chi connectivity index (χ1n) is 4.14. The number of rotatable bonds is 3. The van der Waals surface area contributed by atoms with Crippen LogP contribution < -0.4 is 5.32 Å². The average Bonchev–Trinajstić information content (AvgIpc) is 2.15. The molecular formula is C9H9ClF3NO. The predicted octanol–water partition coefficient (Wildman–Crippen LogP) is 2.68. The van der Waals surface area contributed by atoms with Crippen molar-refractivity contribution in [2.45, 2.75) is 12.3 Å². The van der Waals surface area contributed by atoms with Crippen LogP contribution in [0, 0.1) is 0 Å². The molecule has 0 aliphatic rings. The average molecular weight is 240 g/mol. The molecule has 0 aromatic heterocycles. The van der Waals surface area contributed by atoms with E-state index in [0.29, 0.717) is 10.7 Å². The molecule has 1 aromatic carbocycles. The lowest BCUT2D eigenvalue weighted by atomic mass is 10.3. The van der Waals surface area contributed by atoms with E-state index in [9.17, 15) is 13.2 Å². The van der Waals surface area contributed by atoms with E-state index in [1.165, 1.54) is 12.1 Å². The summed E-state index contributed by atoms with van der Waals surface area (Å²) >= 11 is 5.59. The third-order valence-corrected chi connectivity index (χ3v) is 1.97. The lowest BCUT2D eigenvalue weighted by Crippen LogP contribution is -2.34. The van der Waals surface area contributed by atoms with Gasteiger partial charge in [0.15, 0.2) is 6.10 Å². The van der Waals surface area contributed by atoms with Gasteiger partial charge in [-0.3, -0.25) is 0 Å². The van der Waals surface area contributed by atoms with Crippen LogP contribution in [0.1, 0.15) is 0 Å². The normalized spacial score (nSPS) is 13.7. The highest BCUT2D eigenvalue weighted by Gasteiger charge is 2.37. The van der Waals surface area contributed by atoms with Crippen molar-refractivity contribution in [2.75, 3.05) is 11.9 Å². The second-order valence-electron chi connectivity index (χ2n) is 2.95. The fourth-order valence-corrected chi connectivity index (χ4v) is 1.02. The van der Waals surface area contributed by atoms with Crippen molar-refractivity contribution in [3.63, 3.8) is 0 Å². The lowest BCUT2D eigenvalue weighted by molar-refractivity contribution is -0.198. The maximum atomic E-state index is 11.9. The molecule has 1 rings (SSSR count). The van der Waals surface area contributed by atoms with Gasteiger partial charge in [0.05, 0.1) is 0 Å². The van der Waals surface area contributed by atoms with Gasteiger partial charge in [-0.15, -0.1) is 0 Å². The summed E-state index contributed by atoms with van der Waals surface area (Å²) in [6.07, 6.45) is -6.97. The Morgan fingerprint density at radius 1 is 1.27 bits per heavy atom.